The van der Waals surface area contributed by atoms with Crippen LogP contribution in [0.2, 0.25) is 0 Å². The first kappa shape index (κ1) is 19.4. The van der Waals surface area contributed by atoms with E-state index in [2.05, 4.69) is 121 Å². The van der Waals surface area contributed by atoms with Gasteiger partial charge in [0.05, 0.1) is 0 Å². The van der Waals surface area contributed by atoms with Crippen LogP contribution in [0.15, 0.2) is 121 Å². The molecule has 0 bridgehead atoms. The van der Waals surface area contributed by atoms with Crippen molar-refractivity contribution in [3.8, 4) is 0 Å². The van der Waals surface area contributed by atoms with Crippen LogP contribution in [-0.2, 0) is 0 Å². The van der Waals surface area contributed by atoms with Crippen molar-refractivity contribution >= 4 is 46.4 Å². The standard InChI is InChI=1S/C28H20Se2/c1-5-13-21(14-6-1)25-26(22-15-7-2-8-16-22)28(24-19-11-4-12-20-24)30-29-27(25)23-17-9-3-10-18-23/h1-20H. The molecule has 0 spiro atoms. The van der Waals surface area contributed by atoms with E-state index in [1.165, 1.54) is 42.3 Å². The molecule has 0 N–H and O–H groups in total. The molecule has 1 heterocycles. The predicted octanol–water partition coefficient (Wildman–Crippen LogP) is 6.46. The summed E-state index contributed by atoms with van der Waals surface area (Å²) in [5.74, 6) is 0. The predicted molar refractivity (Wildman–Crippen MR) is 131 cm³/mol. The van der Waals surface area contributed by atoms with Gasteiger partial charge in [0.1, 0.15) is 0 Å². The van der Waals surface area contributed by atoms with E-state index >= 15 is 0 Å². The van der Waals surface area contributed by atoms with Gasteiger partial charge in [-0.2, -0.15) is 0 Å². The van der Waals surface area contributed by atoms with Crippen molar-refractivity contribution in [2.45, 2.75) is 0 Å². The molecule has 0 aromatic heterocycles. The van der Waals surface area contributed by atoms with Gasteiger partial charge in [0, 0.05) is 0 Å². The van der Waals surface area contributed by atoms with E-state index in [4.69, 9.17) is 0 Å². The van der Waals surface area contributed by atoms with E-state index in [9.17, 15) is 0 Å². The second kappa shape index (κ2) is 9.04. The minimum atomic E-state index is 0.420. The van der Waals surface area contributed by atoms with Crippen molar-refractivity contribution in [2.75, 3.05) is 0 Å². The molecule has 0 unspecified atom stereocenters. The van der Waals surface area contributed by atoms with E-state index < -0.39 is 0 Å². The molecule has 0 nitrogen and oxygen atoms in total. The molecule has 0 saturated carbocycles. The molecule has 0 saturated heterocycles. The Kier molecular flexibility index (Phi) is 5.84. The zero-order valence-electron chi connectivity index (χ0n) is 16.4. The molecule has 30 heavy (non-hydrogen) atoms. The third kappa shape index (κ3) is 3.88. The van der Waals surface area contributed by atoms with E-state index in [0.717, 1.165) is 0 Å². The SMILES string of the molecule is c1ccc(C2=C(c3ccccc3)C(c3ccccc3)=C(c3ccccc3)[Se][Se]2)cc1. The fraction of sp³-hybridized carbons (Fsp3) is 0. The van der Waals surface area contributed by atoms with Gasteiger partial charge in [0.2, 0.25) is 0 Å². The second-order valence-corrected chi connectivity index (χ2v) is 13.1. The maximum absolute atomic E-state index is 2.27. The monoisotopic (exact) mass is 516 g/mol. The first-order chi connectivity index (χ1) is 14.9. The average molecular weight is 514 g/mol. The summed E-state index contributed by atoms with van der Waals surface area (Å²) in [4.78, 5) is 0. The summed E-state index contributed by atoms with van der Waals surface area (Å²) in [6, 6.07) is 43.8. The second-order valence-electron chi connectivity index (χ2n) is 7.04. The molecule has 1 aliphatic rings. The Morgan fingerprint density at radius 3 is 0.867 bits per heavy atom. The van der Waals surface area contributed by atoms with Gasteiger partial charge in [-0.15, -0.1) is 0 Å². The van der Waals surface area contributed by atoms with E-state index in [-0.39, 0.29) is 0 Å². The molecule has 5 rings (SSSR count). The van der Waals surface area contributed by atoms with Crippen LogP contribution in [0.25, 0.3) is 20.1 Å². The van der Waals surface area contributed by atoms with Gasteiger partial charge in [-0.25, -0.2) is 0 Å². The summed E-state index contributed by atoms with van der Waals surface area (Å²) in [6.45, 7) is 0. The molecule has 0 fully saturated rings. The maximum atomic E-state index is 2.27. The van der Waals surface area contributed by atoms with Crippen molar-refractivity contribution in [3.05, 3.63) is 144 Å². The molecule has 144 valence electrons. The summed E-state index contributed by atoms with van der Waals surface area (Å²) >= 11 is 0.839. The molecule has 1 aliphatic heterocycles. The fourth-order valence-corrected chi connectivity index (χ4v) is 12.0. The van der Waals surface area contributed by atoms with Crippen LogP contribution in [-0.4, -0.2) is 26.3 Å². The number of rotatable bonds is 4. The Balaban J connectivity index is 1.85. The summed E-state index contributed by atoms with van der Waals surface area (Å²) in [5.41, 5.74) is 8.14. The number of allylic oxidation sites excluding steroid dienone is 2. The summed E-state index contributed by atoms with van der Waals surface area (Å²) < 4.78 is 3.04. The van der Waals surface area contributed by atoms with Crippen LogP contribution >= 0.6 is 0 Å². The van der Waals surface area contributed by atoms with Gasteiger partial charge in [-0.3, -0.25) is 0 Å². The zero-order valence-corrected chi connectivity index (χ0v) is 19.8. The first-order valence-corrected chi connectivity index (χ1v) is 16.0. The Morgan fingerprint density at radius 1 is 0.300 bits per heavy atom. The summed E-state index contributed by atoms with van der Waals surface area (Å²) in [6.07, 6.45) is 0. The fourth-order valence-electron chi connectivity index (χ4n) is 3.72. The molecule has 0 atom stereocenters. The van der Waals surface area contributed by atoms with E-state index in [1.54, 1.807) is 0 Å². The molecule has 0 amide bonds. The van der Waals surface area contributed by atoms with Crippen LogP contribution in [0.5, 0.6) is 0 Å². The van der Waals surface area contributed by atoms with Gasteiger partial charge in [0.25, 0.3) is 0 Å². The Morgan fingerprint density at radius 2 is 0.567 bits per heavy atom. The molecule has 0 aliphatic carbocycles. The quantitative estimate of drug-likeness (QED) is 0.274. The van der Waals surface area contributed by atoms with Gasteiger partial charge in [-0.1, -0.05) is 0 Å². The molecule has 0 radical (unpaired) electrons. The van der Waals surface area contributed by atoms with Crippen LogP contribution in [0.4, 0.5) is 0 Å². The van der Waals surface area contributed by atoms with Crippen molar-refractivity contribution in [1.29, 1.82) is 0 Å². The van der Waals surface area contributed by atoms with Gasteiger partial charge >= 0.3 is 190 Å². The van der Waals surface area contributed by atoms with E-state index in [0.29, 0.717) is 26.3 Å². The number of benzene rings is 4. The zero-order chi connectivity index (χ0) is 20.2. The van der Waals surface area contributed by atoms with Gasteiger partial charge < -0.3 is 0 Å². The van der Waals surface area contributed by atoms with Crippen molar-refractivity contribution in [3.63, 3.8) is 0 Å². The van der Waals surface area contributed by atoms with Crippen LogP contribution in [0, 0.1) is 0 Å². The van der Waals surface area contributed by atoms with Crippen LogP contribution in [0.3, 0.4) is 0 Å². The molecule has 4 aromatic carbocycles. The van der Waals surface area contributed by atoms with Crippen molar-refractivity contribution in [2.24, 2.45) is 0 Å². The van der Waals surface area contributed by atoms with Crippen LogP contribution in [0.1, 0.15) is 22.3 Å². The molecule has 4 aromatic rings. The van der Waals surface area contributed by atoms with Gasteiger partial charge in [0.15, 0.2) is 0 Å². The van der Waals surface area contributed by atoms with Crippen LogP contribution < -0.4 is 0 Å². The third-order valence-electron chi connectivity index (χ3n) is 5.11. The topological polar surface area (TPSA) is 0 Å². The number of hydrogen-bond donors (Lipinski definition) is 0. The summed E-state index contributed by atoms with van der Waals surface area (Å²) in [7, 11) is 0. The molecule has 2 heteroatoms. The molecular weight excluding hydrogens is 494 g/mol. The Bertz CT molecular complexity index is 1090. The number of hydrogen-bond acceptors (Lipinski definition) is 0. The first-order valence-electron chi connectivity index (χ1n) is 9.97. The molecular formula is C28H20Se2. The summed E-state index contributed by atoms with van der Waals surface area (Å²) in [5, 5.41) is 0. The van der Waals surface area contributed by atoms with E-state index in [1.807, 2.05) is 0 Å². The Labute approximate surface area is 189 Å². The Hall–Kier alpha value is -2.60. The minimum absolute atomic E-state index is 0.420. The van der Waals surface area contributed by atoms with Gasteiger partial charge in [-0.05, 0) is 0 Å². The average Bonchev–Trinajstić information content (AvgIpc) is 2.85. The van der Waals surface area contributed by atoms with Crippen molar-refractivity contribution < 1.29 is 0 Å². The van der Waals surface area contributed by atoms with Crippen molar-refractivity contribution in [1.82, 2.24) is 0 Å². The normalized spacial score (nSPS) is 14.1. The third-order valence-corrected chi connectivity index (χ3v) is 12.4.